The van der Waals surface area contributed by atoms with Gasteiger partial charge in [-0.2, -0.15) is 4.98 Å². The Balaban J connectivity index is 1.70. The molecule has 0 fully saturated rings. The minimum Gasteiger partial charge on any atom is -0.497 e. The molecule has 4 rings (SSSR count). The average Bonchev–Trinajstić information content (AvgIpc) is 2.99. The van der Waals surface area contributed by atoms with Gasteiger partial charge in [0.05, 0.1) is 12.8 Å². The number of nitrogens with zero attached hydrogens (tertiary/aromatic N) is 4. The number of rotatable bonds is 8. The van der Waals surface area contributed by atoms with Crippen molar-refractivity contribution in [1.82, 2.24) is 15.2 Å². The number of anilines is 1. The molecule has 176 valence electrons. The number of thioether (sulfide) groups is 1. The summed E-state index contributed by atoms with van der Waals surface area (Å²) in [6.45, 7) is 3.70. The fraction of sp³-hybridized carbons (Fsp3) is 0.308. The molecule has 2 heterocycles. The molecule has 7 nitrogen and oxygen atoms in total. The molecular weight excluding hydrogens is 448 g/mol. The van der Waals surface area contributed by atoms with E-state index in [9.17, 15) is 4.79 Å². The number of fused-ring (bicyclic) bond motifs is 3. The van der Waals surface area contributed by atoms with E-state index in [1.807, 2.05) is 60.7 Å². The van der Waals surface area contributed by atoms with Crippen LogP contribution in [0.15, 0.2) is 59.8 Å². The topological polar surface area (TPSA) is 77.4 Å². The van der Waals surface area contributed by atoms with Gasteiger partial charge >= 0.3 is 0 Å². The van der Waals surface area contributed by atoms with Crippen LogP contribution in [0.5, 0.6) is 11.6 Å². The van der Waals surface area contributed by atoms with Crippen molar-refractivity contribution in [2.75, 3.05) is 17.8 Å². The maximum atomic E-state index is 12.8. The second-order valence-corrected chi connectivity index (χ2v) is 8.91. The first-order valence-electron chi connectivity index (χ1n) is 11.4. The van der Waals surface area contributed by atoms with Gasteiger partial charge in [0.25, 0.3) is 0 Å². The molecule has 1 amide bonds. The summed E-state index contributed by atoms with van der Waals surface area (Å²) in [5, 5.41) is 9.35. The van der Waals surface area contributed by atoms with Gasteiger partial charge < -0.3 is 9.47 Å². The van der Waals surface area contributed by atoms with Crippen LogP contribution in [0.2, 0.25) is 0 Å². The summed E-state index contributed by atoms with van der Waals surface area (Å²) >= 11 is 1.57. The van der Waals surface area contributed by atoms with E-state index in [2.05, 4.69) is 22.1 Å². The Morgan fingerprint density at radius 3 is 2.68 bits per heavy atom. The third-order valence-electron chi connectivity index (χ3n) is 5.43. The second-order valence-electron chi connectivity index (χ2n) is 7.85. The van der Waals surface area contributed by atoms with Crippen molar-refractivity contribution in [2.45, 2.75) is 44.5 Å². The van der Waals surface area contributed by atoms with Gasteiger partial charge in [0, 0.05) is 18.2 Å². The standard InChI is InChI=1S/C26H28N4O3S/c1-4-5-8-17-34-26-27-25-24(28-29-26)21-9-6-7-10-22(21)30(18(2)31)23(33-25)16-13-19-11-14-20(32-3)15-12-19/h6-7,9-16,23H,4-5,8,17H2,1-3H3/b16-13+. The first-order chi connectivity index (χ1) is 16.6. The van der Waals surface area contributed by atoms with Crippen LogP contribution in [0.1, 0.15) is 38.7 Å². The number of methoxy groups -OCH3 is 1. The van der Waals surface area contributed by atoms with Gasteiger partial charge in [0.2, 0.25) is 16.9 Å². The van der Waals surface area contributed by atoms with Crippen LogP contribution in [0.25, 0.3) is 17.3 Å². The predicted molar refractivity (Wildman–Crippen MR) is 135 cm³/mol. The van der Waals surface area contributed by atoms with Gasteiger partial charge in [0.1, 0.15) is 5.75 Å². The number of ether oxygens (including phenoxy) is 2. The van der Waals surface area contributed by atoms with E-state index in [4.69, 9.17) is 9.47 Å². The van der Waals surface area contributed by atoms with Crippen LogP contribution in [0, 0.1) is 0 Å². The normalized spacial score (nSPS) is 14.8. The van der Waals surface area contributed by atoms with Gasteiger partial charge in [-0.05, 0) is 36.3 Å². The molecule has 1 aromatic heterocycles. The molecule has 34 heavy (non-hydrogen) atoms. The lowest BCUT2D eigenvalue weighted by molar-refractivity contribution is -0.117. The van der Waals surface area contributed by atoms with Crippen molar-refractivity contribution in [2.24, 2.45) is 0 Å². The number of carbonyl (C=O) groups is 1. The molecule has 1 unspecified atom stereocenters. The zero-order valence-corrected chi connectivity index (χ0v) is 20.4. The van der Waals surface area contributed by atoms with E-state index in [1.54, 1.807) is 23.8 Å². The van der Waals surface area contributed by atoms with Gasteiger partial charge in [-0.1, -0.05) is 67.9 Å². The summed E-state index contributed by atoms with van der Waals surface area (Å²) < 4.78 is 11.5. The lowest BCUT2D eigenvalue weighted by Gasteiger charge is -2.27. The van der Waals surface area contributed by atoms with Crippen molar-refractivity contribution in [1.29, 1.82) is 0 Å². The van der Waals surface area contributed by atoms with E-state index in [-0.39, 0.29) is 5.91 Å². The van der Waals surface area contributed by atoms with Crippen LogP contribution in [-0.2, 0) is 4.79 Å². The number of hydrogen-bond acceptors (Lipinski definition) is 7. The van der Waals surface area contributed by atoms with E-state index >= 15 is 0 Å². The minimum absolute atomic E-state index is 0.147. The van der Waals surface area contributed by atoms with E-state index < -0.39 is 6.23 Å². The molecular formula is C26H28N4O3S. The lowest BCUT2D eigenvalue weighted by atomic mass is 10.1. The van der Waals surface area contributed by atoms with Crippen LogP contribution >= 0.6 is 11.8 Å². The van der Waals surface area contributed by atoms with Crippen molar-refractivity contribution >= 4 is 29.4 Å². The number of benzene rings is 2. The fourth-order valence-electron chi connectivity index (χ4n) is 3.70. The number of aromatic nitrogens is 3. The predicted octanol–water partition coefficient (Wildman–Crippen LogP) is 5.61. The molecule has 0 saturated carbocycles. The molecule has 0 radical (unpaired) electrons. The lowest BCUT2D eigenvalue weighted by Crippen LogP contribution is -2.41. The summed E-state index contributed by atoms with van der Waals surface area (Å²) in [7, 11) is 1.64. The fourth-order valence-corrected chi connectivity index (χ4v) is 4.47. The summed E-state index contributed by atoms with van der Waals surface area (Å²) in [5.74, 6) is 1.92. The maximum Gasteiger partial charge on any atom is 0.247 e. The Morgan fingerprint density at radius 2 is 1.94 bits per heavy atom. The first kappa shape index (κ1) is 23.8. The highest BCUT2D eigenvalue weighted by Gasteiger charge is 2.32. The number of hydrogen-bond donors (Lipinski definition) is 0. The Hall–Kier alpha value is -3.39. The van der Waals surface area contributed by atoms with Gasteiger partial charge in [-0.15, -0.1) is 10.2 Å². The first-order valence-corrected chi connectivity index (χ1v) is 12.3. The SMILES string of the molecule is CCCCCSc1nnc2c(n1)OC(/C=C/c1ccc(OC)cc1)N(C(C)=O)c1ccccc1-2. The molecule has 0 spiro atoms. The number of amides is 1. The minimum atomic E-state index is -0.698. The Morgan fingerprint density at radius 1 is 1.15 bits per heavy atom. The van der Waals surface area contributed by atoms with Gasteiger partial charge in [0.15, 0.2) is 11.9 Å². The van der Waals surface area contributed by atoms with E-state index in [0.717, 1.165) is 35.5 Å². The van der Waals surface area contributed by atoms with Crippen molar-refractivity contribution in [3.05, 3.63) is 60.2 Å². The Kier molecular flexibility index (Phi) is 7.80. The number of unbranched alkanes of at least 4 members (excludes halogenated alkanes) is 2. The molecule has 2 aromatic carbocycles. The second kappa shape index (κ2) is 11.2. The molecule has 1 atom stereocenters. The van der Waals surface area contributed by atoms with Crippen LogP contribution < -0.4 is 14.4 Å². The Labute approximate surface area is 204 Å². The molecule has 1 aliphatic heterocycles. The highest BCUT2D eigenvalue weighted by Crippen LogP contribution is 2.39. The highest BCUT2D eigenvalue weighted by molar-refractivity contribution is 7.99. The van der Waals surface area contributed by atoms with Crippen molar-refractivity contribution in [3.8, 4) is 22.9 Å². The monoisotopic (exact) mass is 476 g/mol. The molecule has 8 heteroatoms. The molecule has 0 bridgehead atoms. The Bertz CT molecular complexity index is 1170. The van der Waals surface area contributed by atoms with Crippen LogP contribution in [-0.4, -0.2) is 40.2 Å². The average molecular weight is 477 g/mol. The van der Waals surface area contributed by atoms with Gasteiger partial charge in [-0.3, -0.25) is 9.69 Å². The molecule has 0 aliphatic carbocycles. The zero-order valence-electron chi connectivity index (χ0n) is 19.6. The third kappa shape index (κ3) is 5.39. The highest BCUT2D eigenvalue weighted by atomic mass is 32.2. The molecule has 3 aromatic rings. The van der Waals surface area contributed by atoms with Crippen LogP contribution in [0.3, 0.4) is 0 Å². The largest absolute Gasteiger partial charge is 0.497 e. The van der Waals surface area contributed by atoms with E-state index in [0.29, 0.717) is 22.4 Å². The van der Waals surface area contributed by atoms with Crippen molar-refractivity contribution in [3.63, 3.8) is 0 Å². The smallest absolute Gasteiger partial charge is 0.247 e. The van der Waals surface area contributed by atoms with Crippen LogP contribution in [0.4, 0.5) is 5.69 Å². The summed E-state index contributed by atoms with van der Waals surface area (Å²) in [6.07, 6.45) is 6.50. The summed E-state index contributed by atoms with van der Waals surface area (Å²) in [6, 6.07) is 15.3. The number of para-hydroxylation sites is 1. The summed E-state index contributed by atoms with van der Waals surface area (Å²) in [5.41, 5.74) is 2.95. The van der Waals surface area contributed by atoms with E-state index in [1.165, 1.54) is 13.3 Å². The molecule has 1 aliphatic rings. The molecule has 0 saturated heterocycles. The van der Waals surface area contributed by atoms with Crippen molar-refractivity contribution < 1.29 is 14.3 Å². The zero-order chi connectivity index (χ0) is 23.9. The summed E-state index contributed by atoms with van der Waals surface area (Å²) in [4.78, 5) is 19.1. The third-order valence-corrected chi connectivity index (χ3v) is 6.35. The quantitative estimate of drug-likeness (QED) is 0.309. The number of carbonyl (C=O) groups excluding carboxylic acids is 1. The maximum absolute atomic E-state index is 12.8. The molecule has 0 N–H and O–H groups in total. The van der Waals surface area contributed by atoms with Gasteiger partial charge in [-0.25, -0.2) is 0 Å².